The Labute approximate surface area is 113 Å². The summed E-state index contributed by atoms with van der Waals surface area (Å²) in [5.41, 5.74) is -0.752. The summed E-state index contributed by atoms with van der Waals surface area (Å²) in [6.07, 6.45) is -3.60. The van der Waals surface area contributed by atoms with Crippen molar-refractivity contribution in [2.24, 2.45) is 0 Å². The van der Waals surface area contributed by atoms with Crippen LogP contribution >= 0.6 is 11.8 Å². The van der Waals surface area contributed by atoms with Crippen molar-refractivity contribution in [3.63, 3.8) is 0 Å². The molecule has 0 aromatic carbocycles. The molecule has 2 heterocycles. The number of aromatic nitrogens is 1. The molecule has 1 fully saturated rings. The molecule has 1 aliphatic rings. The van der Waals surface area contributed by atoms with Gasteiger partial charge in [0.25, 0.3) is 0 Å². The second-order valence-electron chi connectivity index (χ2n) is 4.13. The summed E-state index contributed by atoms with van der Waals surface area (Å²) in [5, 5.41) is 9.01. The smallest absolute Gasteiger partial charge is 0.355 e. The summed E-state index contributed by atoms with van der Waals surface area (Å²) in [4.78, 5) is 5.42. The fourth-order valence-electron chi connectivity index (χ4n) is 1.89. The molecule has 0 unspecified atom stereocenters. The van der Waals surface area contributed by atoms with Gasteiger partial charge in [0, 0.05) is 18.8 Å². The van der Waals surface area contributed by atoms with Gasteiger partial charge in [0.2, 0.25) is 0 Å². The Hall–Kier alpha value is -1.42. The van der Waals surface area contributed by atoms with Crippen molar-refractivity contribution in [3.05, 3.63) is 23.4 Å². The van der Waals surface area contributed by atoms with E-state index in [0.29, 0.717) is 13.1 Å². The predicted molar refractivity (Wildman–Crippen MR) is 68.1 cm³/mol. The van der Waals surface area contributed by atoms with E-state index in [9.17, 15) is 13.2 Å². The van der Waals surface area contributed by atoms with Gasteiger partial charge in [-0.2, -0.15) is 30.2 Å². The van der Waals surface area contributed by atoms with E-state index in [1.165, 1.54) is 6.07 Å². The van der Waals surface area contributed by atoms with Crippen molar-refractivity contribution in [3.8, 4) is 6.07 Å². The van der Waals surface area contributed by atoms with E-state index in [0.717, 1.165) is 24.0 Å². The van der Waals surface area contributed by atoms with Gasteiger partial charge >= 0.3 is 6.18 Å². The van der Waals surface area contributed by atoms with Crippen LogP contribution in [0.3, 0.4) is 0 Å². The van der Waals surface area contributed by atoms with Gasteiger partial charge in [0.1, 0.15) is 17.6 Å². The minimum absolute atomic E-state index is 0.153. The van der Waals surface area contributed by atoms with Gasteiger partial charge in [-0.25, -0.2) is 4.98 Å². The molecule has 7 heteroatoms. The number of thioether (sulfide) groups is 1. The lowest BCUT2D eigenvalue weighted by Gasteiger charge is -2.23. The summed E-state index contributed by atoms with van der Waals surface area (Å²) in [5.74, 6) is 1.97. The Bertz CT molecular complexity index is 488. The van der Waals surface area contributed by atoms with Crippen molar-refractivity contribution in [1.29, 1.82) is 5.26 Å². The molecular formula is C12H12F3N3S. The highest BCUT2D eigenvalue weighted by atomic mass is 32.2. The average Bonchev–Trinajstić information content (AvgIpc) is 2.65. The predicted octanol–water partition coefficient (Wildman–Crippen LogP) is 2.92. The number of alkyl halides is 3. The molecule has 0 saturated carbocycles. The summed E-state index contributed by atoms with van der Waals surface area (Å²) in [6, 6.07) is 3.97. The molecule has 1 saturated heterocycles. The number of nitriles is 1. The number of rotatable bonds is 1. The standard InChI is InChI=1S/C12H12F3N3S/c13-12(14,15)10-3-2-9(8-16)11(17-10)18-4-1-6-19-7-5-18/h2-3H,1,4-7H2. The molecule has 0 atom stereocenters. The molecule has 0 amide bonds. The third-order valence-electron chi connectivity index (χ3n) is 2.81. The molecule has 102 valence electrons. The Morgan fingerprint density at radius 3 is 2.74 bits per heavy atom. The van der Waals surface area contributed by atoms with Gasteiger partial charge in [-0.15, -0.1) is 0 Å². The third-order valence-corrected chi connectivity index (χ3v) is 3.86. The normalized spacial score (nSPS) is 16.8. The zero-order valence-electron chi connectivity index (χ0n) is 10.1. The lowest BCUT2D eigenvalue weighted by molar-refractivity contribution is -0.141. The summed E-state index contributed by atoms with van der Waals surface area (Å²) in [7, 11) is 0. The first-order valence-electron chi connectivity index (χ1n) is 5.83. The minimum Gasteiger partial charge on any atom is -0.355 e. The van der Waals surface area contributed by atoms with Gasteiger partial charge in [-0.3, -0.25) is 0 Å². The van der Waals surface area contributed by atoms with E-state index in [1.807, 2.05) is 6.07 Å². The quantitative estimate of drug-likeness (QED) is 0.796. The Morgan fingerprint density at radius 2 is 2.05 bits per heavy atom. The highest BCUT2D eigenvalue weighted by molar-refractivity contribution is 7.99. The van der Waals surface area contributed by atoms with Crippen LogP contribution in [0.15, 0.2) is 12.1 Å². The first kappa shape index (κ1) is 14.0. The number of anilines is 1. The topological polar surface area (TPSA) is 39.9 Å². The minimum atomic E-state index is -4.48. The number of hydrogen-bond acceptors (Lipinski definition) is 4. The van der Waals surface area contributed by atoms with Crippen LogP contribution in [-0.4, -0.2) is 29.6 Å². The molecule has 3 nitrogen and oxygen atoms in total. The van der Waals surface area contributed by atoms with Crippen molar-refractivity contribution in [2.75, 3.05) is 29.5 Å². The average molecular weight is 287 g/mol. The molecule has 0 radical (unpaired) electrons. The maximum absolute atomic E-state index is 12.7. The Morgan fingerprint density at radius 1 is 1.26 bits per heavy atom. The second-order valence-corrected chi connectivity index (χ2v) is 5.35. The van der Waals surface area contributed by atoms with E-state index in [1.54, 1.807) is 16.7 Å². The monoisotopic (exact) mass is 287 g/mol. The molecule has 2 rings (SSSR count). The lowest BCUT2D eigenvalue weighted by Crippen LogP contribution is -2.28. The van der Waals surface area contributed by atoms with E-state index in [-0.39, 0.29) is 11.4 Å². The van der Waals surface area contributed by atoms with Crippen LogP contribution in [0, 0.1) is 11.3 Å². The zero-order chi connectivity index (χ0) is 13.9. The van der Waals surface area contributed by atoms with Crippen molar-refractivity contribution in [1.82, 2.24) is 4.98 Å². The number of halogens is 3. The number of pyridine rings is 1. The van der Waals surface area contributed by atoms with Gasteiger partial charge in [-0.05, 0) is 24.3 Å². The van der Waals surface area contributed by atoms with Crippen LogP contribution < -0.4 is 4.90 Å². The van der Waals surface area contributed by atoms with E-state index < -0.39 is 11.9 Å². The zero-order valence-corrected chi connectivity index (χ0v) is 10.9. The molecule has 1 aliphatic heterocycles. The first-order chi connectivity index (χ1) is 9.02. The molecule has 0 aliphatic carbocycles. The van der Waals surface area contributed by atoms with Crippen LogP contribution in [0.4, 0.5) is 19.0 Å². The lowest BCUT2D eigenvalue weighted by atomic mass is 10.2. The van der Waals surface area contributed by atoms with Gasteiger partial charge in [0.05, 0.1) is 5.56 Å². The third kappa shape index (κ3) is 3.32. The molecule has 1 aromatic rings. The van der Waals surface area contributed by atoms with E-state index in [2.05, 4.69) is 4.98 Å². The fourth-order valence-corrected chi connectivity index (χ4v) is 2.78. The van der Waals surface area contributed by atoms with Crippen LogP contribution in [0.2, 0.25) is 0 Å². The van der Waals surface area contributed by atoms with Crippen molar-refractivity contribution >= 4 is 17.6 Å². The second kappa shape index (κ2) is 5.70. The van der Waals surface area contributed by atoms with Crippen molar-refractivity contribution < 1.29 is 13.2 Å². The van der Waals surface area contributed by atoms with Gasteiger partial charge in [-0.1, -0.05) is 0 Å². The maximum Gasteiger partial charge on any atom is 0.433 e. The first-order valence-corrected chi connectivity index (χ1v) is 6.99. The Kier molecular flexibility index (Phi) is 4.20. The SMILES string of the molecule is N#Cc1ccc(C(F)(F)F)nc1N1CCCSCC1. The summed E-state index contributed by atoms with van der Waals surface area (Å²) in [6.45, 7) is 1.25. The maximum atomic E-state index is 12.7. The highest BCUT2D eigenvalue weighted by Gasteiger charge is 2.33. The number of nitrogens with zero attached hydrogens (tertiary/aromatic N) is 3. The summed E-state index contributed by atoms with van der Waals surface area (Å²) >= 11 is 1.76. The van der Waals surface area contributed by atoms with Crippen LogP contribution in [-0.2, 0) is 6.18 Å². The fraction of sp³-hybridized carbons (Fsp3) is 0.500. The van der Waals surface area contributed by atoms with E-state index >= 15 is 0 Å². The molecule has 1 aromatic heterocycles. The molecule has 19 heavy (non-hydrogen) atoms. The van der Waals surface area contributed by atoms with Gasteiger partial charge < -0.3 is 4.90 Å². The summed E-state index contributed by atoms with van der Waals surface area (Å²) < 4.78 is 38.0. The largest absolute Gasteiger partial charge is 0.433 e. The van der Waals surface area contributed by atoms with Crippen LogP contribution in [0.5, 0.6) is 0 Å². The van der Waals surface area contributed by atoms with Gasteiger partial charge in [0.15, 0.2) is 0 Å². The molecule has 0 bridgehead atoms. The van der Waals surface area contributed by atoms with Crippen molar-refractivity contribution in [2.45, 2.75) is 12.6 Å². The Balaban J connectivity index is 2.38. The molecule has 0 N–H and O–H groups in total. The number of hydrogen-bond donors (Lipinski definition) is 0. The van der Waals surface area contributed by atoms with E-state index in [4.69, 9.17) is 5.26 Å². The van der Waals surface area contributed by atoms with Crippen LogP contribution in [0.25, 0.3) is 0 Å². The molecule has 0 spiro atoms. The highest BCUT2D eigenvalue weighted by Crippen LogP contribution is 2.31. The molecular weight excluding hydrogens is 275 g/mol. The van der Waals surface area contributed by atoms with Crippen LogP contribution in [0.1, 0.15) is 17.7 Å².